The minimum absolute atomic E-state index is 0.286. The molecular weight excluding hydrogens is 574 g/mol. The zero-order valence-electron chi connectivity index (χ0n) is 27.2. The number of benzene rings is 4. The van der Waals surface area contributed by atoms with Gasteiger partial charge < -0.3 is 14.3 Å². The lowest BCUT2D eigenvalue weighted by Crippen LogP contribution is -2.51. The smallest absolute Gasteiger partial charge is 0.370 e. The van der Waals surface area contributed by atoms with Crippen LogP contribution in [0, 0.1) is 29.6 Å². The first kappa shape index (κ1) is 32.5. The van der Waals surface area contributed by atoms with E-state index in [1.54, 1.807) is 12.2 Å². The van der Waals surface area contributed by atoms with Crippen LogP contribution in [0.2, 0.25) is 0 Å². The Morgan fingerprint density at radius 3 is 1.93 bits per heavy atom. The van der Waals surface area contributed by atoms with Gasteiger partial charge in [0.2, 0.25) is 5.60 Å². The fourth-order valence-electron chi connectivity index (χ4n) is 6.14. The number of nitrogens with zero attached hydrogens (tertiary/aromatic N) is 1. The van der Waals surface area contributed by atoms with E-state index in [0.717, 1.165) is 16.7 Å². The number of methoxy groups -OCH3 is 1. The summed E-state index contributed by atoms with van der Waals surface area (Å²) in [6.45, 7) is 8.09. The monoisotopic (exact) mass is 615 g/mol. The van der Waals surface area contributed by atoms with Crippen molar-refractivity contribution in [2.45, 2.75) is 58.7 Å². The molecule has 2 fully saturated rings. The van der Waals surface area contributed by atoms with Gasteiger partial charge in [0.15, 0.2) is 0 Å². The van der Waals surface area contributed by atoms with Gasteiger partial charge in [0, 0.05) is 11.0 Å². The largest absolute Gasteiger partial charge is 0.497 e. The number of aryl methyl sites for hydroxylation is 1. The van der Waals surface area contributed by atoms with Gasteiger partial charge in [-0.3, -0.25) is 4.79 Å². The molecular formula is C40H41NO5. The molecule has 1 heterocycles. The standard InChI is InChI=1S/C33H33NO5.C7H8/c1-31(2)32(3)21-22-33(31,38-29(32)35)30(36)39-34(23-25-13-9-6-10-14-25)28(20-15-24-11-7-5-8-12-24)26-16-18-27(37-4)19-17-26;1-7-5-3-2-4-6-7/h5-14,16-19,28H,21-23H2,1-4H3;2-6H,1H3/t28-,32+,33-;/m1./s1. The molecule has 1 aliphatic carbocycles. The second kappa shape index (κ2) is 13.6. The number of carbonyl (C=O) groups excluding carboxylic acids is 2. The number of carbonyl (C=O) groups is 2. The van der Waals surface area contributed by atoms with Gasteiger partial charge in [-0.1, -0.05) is 122 Å². The SMILES string of the molecule is COc1ccc([C@@H](C#Cc2ccccc2)N(Cc2ccccc2)OC(=O)[C@@]23CC[C@@](C)(C(=O)O2)C3(C)C)cc1.Cc1ccccc1. The van der Waals surface area contributed by atoms with Crippen LogP contribution in [0.5, 0.6) is 5.75 Å². The van der Waals surface area contributed by atoms with Crippen molar-refractivity contribution in [3.63, 3.8) is 0 Å². The van der Waals surface area contributed by atoms with E-state index in [4.69, 9.17) is 14.3 Å². The highest BCUT2D eigenvalue weighted by molar-refractivity contribution is 5.93. The van der Waals surface area contributed by atoms with E-state index in [2.05, 4.69) is 30.9 Å². The third-order valence-electron chi connectivity index (χ3n) is 9.58. The summed E-state index contributed by atoms with van der Waals surface area (Å²) in [5.74, 6) is 6.37. The maximum Gasteiger partial charge on any atom is 0.370 e. The molecule has 1 saturated heterocycles. The molecule has 3 atom stereocenters. The van der Waals surface area contributed by atoms with E-state index in [-0.39, 0.29) is 12.5 Å². The van der Waals surface area contributed by atoms with Crippen molar-refractivity contribution in [2.75, 3.05) is 7.11 Å². The number of hydroxylamine groups is 2. The molecule has 0 unspecified atom stereocenters. The van der Waals surface area contributed by atoms with Gasteiger partial charge in [0.25, 0.3) is 0 Å². The second-order valence-corrected chi connectivity index (χ2v) is 12.6. The molecule has 2 bridgehead atoms. The Kier molecular flexibility index (Phi) is 9.65. The van der Waals surface area contributed by atoms with Crippen molar-refractivity contribution in [1.29, 1.82) is 0 Å². The predicted octanol–water partition coefficient (Wildman–Crippen LogP) is 7.87. The van der Waals surface area contributed by atoms with E-state index >= 15 is 0 Å². The number of hydrogen-bond donors (Lipinski definition) is 0. The summed E-state index contributed by atoms with van der Waals surface area (Å²) in [6, 6.07) is 36.6. The number of rotatable bonds is 7. The highest BCUT2D eigenvalue weighted by Gasteiger charge is 2.76. The van der Waals surface area contributed by atoms with Gasteiger partial charge in [0.05, 0.1) is 19.1 Å². The van der Waals surface area contributed by atoms with Gasteiger partial charge in [-0.25, -0.2) is 4.79 Å². The molecule has 2 aliphatic rings. The van der Waals surface area contributed by atoms with Crippen LogP contribution in [0.4, 0.5) is 0 Å². The summed E-state index contributed by atoms with van der Waals surface area (Å²) in [5.41, 5.74) is 1.13. The molecule has 6 rings (SSSR count). The van der Waals surface area contributed by atoms with Crippen molar-refractivity contribution in [3.05, 3.63) is 138 Å². The average molecular weight is 616 g/mol. The molecule has 0 aromatic heterocycles. The van der Waals surface area contributed by atoms with Crippen LogP contribution in [-0.4, -0.2) is 29.7 Å². The fraction of sp³-hybridized carbons (Fsp3) is 0.300. The quantitative estimate of drug-likeness (QED) is 0.120. The van der Waals surface area contributed by atoms with Crippen molar-refractivity contribution >= 4 is 11.9 Å². The average Bonchev–Trinajstić information content (AvgIpc) is 3.37. The van der Waals surface area contributed by atoms with Crippen LogP contribution in [0.15, 0.2) is 115 Å². The maximum absolute atomic E-state index is 14.0. The molecule has 1 aliphatic heterocycles. The number of esters is 1. The Balaban J connectivity index is 0.000000527. The van der Waals surface area contributed by atoms with Crippen LogP contribution < -0.4 is 4.74 Å². The Morgan fingerprint density at radius 2 is 1.43 bits per heavy atom. The zero-order chi connectivity index (χ0) is 32.8. The van der Waals surface area contributed by atoms with Gasteiger partial charge in [-0.15, -0.1) is 5.06 Å². The van der Waals surface area contributed by atoms with Crippen molar-refractivity contribution in [1.82, 2.24) is 5.06 Å². The van der Waals surface area contributed by atoms with E-state index in [9.17, 15) is 9.59 Å². The second-order valence-electron chi connectivity index (χ2n) is 12.6. The topological polar surface area (TPSA) is 65.1 Å². The molecule has 236 valence electrons. The Labute approximate surface area is 272 Å². The normalized spacial score (nSPS) is 21.2. The first-order chi connectivity index (χ1) is 22.1. The van der Waals surface area contributed by atoms with Crippen LogP contribution in [0.3, 0.4) is 0 Å². The molecule has 0 spiro atoms. The van der Waals surface area contributed by atoms with Crippen LogP contribution >= 0.6 is 0 Å². The number of fused-ring (bicyclic) bond motifs is 2. The van der Waals surface area contributed by atoms with E-state index in [0.29, 0.717) is 18.6 Å². The summed E-state index contributed by atoms with van der Waals surface area (Å²) >= 11 is 0. The van der Waals surface area contributed by atoms with Crippen molar-refractivity contribution < 1.29 is 23.9 Å². The Hall–Kier alpha value is -4.86. The minimum atomic E-state index is -1.36. The summed E-state index contributed by atoms with van der Waals surface area (Å²) < 4.78 is 11.2. The number of ether oxygens (including phenoxy) is 2. The van der Waals surface area contributed by atoms with Crippen LogP contribution in [0.1, 0.15) is 61.9 Å². The summed E-state index contributed by atoms with van der Waals surface area (Å²) in [7, 11) is 1.62. The summed E-state index contributed by atoms with van der Waals surface area (Å²) in [4.78, 5) is 33.1. The molecule has 6 heteroatoms. The minimum Gasteiger partial charge on any atom is -0.497 e. The third kappa shape index (κ3) is 6.42. The van der Waals surface area contributed by atoms with E-state index < -0.39 is 28.4 Å². The zero-order valence-corrected chi connectivity index (χ0v) is 27.2. The first-order valence-corrected chi connectivity index (χ1v) is 15.6. The van der Waals surface area contributed by atoms with Gasteiger partial charge >= 0.3 is 11.9 Å². The first-order valence-electron chi connectivity index (χ1n) is 15.6. The summed E-state index contributed by atoms with van der Waals surface area (Å²) in [5, 5.41) is 1.60. The van der Waals surface area contributed by atoms with Gasteiger partial charge in [-0.2, -0.15) is 0 Å². The molecule has 6 nitrogen and oxygen atoms in total. The summed E-state index contributed by atoms with van der Waals surface area (Å²) in [6.07, 6.45) is 0.992. The third-order valence-corrected chi connectivity index (χ3v) is 9.58. The van der Waals surface area contributed by atoms with Crippen LogP contribution in [0.25, 0.3) is 0 Å². The molecule has 0 radical (unpaired) electrons. The van der Waals surface area contributed by atoms with Gasteiger partial charge in [0.1, 0.15) is 11.8 Å². The van der Waals surface area contributed by atoms with Crippen LogP contribution in [-0.2, 0) is 25.7 Å². The van der Waals surface area contributed by atoms with Crippen molar-refractivity contribution in [2.24, 2.45) is 10.8 Å². The Bertz CT molecular complexity index is 1690. The van der Waals surface area contributed by atoms with E-state index in [1.807, 2.05) is 124 Å². The predicted molar refractivity (Wildman–Crippen MR) is 178 cm³/mol. The highest BCUT2D eigenvalue weighted by Crippen LogP contribution is 2.66. The lowest BCUT2D eigenvalue weighted by molar-refractivity contribution is -0.228. The number of hydrogen-bond acceptors (Lipinski definition) is 6. The lowest BCUT2D eigenvalue weighted by Gasteiger charge is -2.36. The Morgan fingerprint density at radius 1 is 0.848 bits per heavy atom. The van der Waals surface area contributed by atoms with E-state index in [1.165, 1.54) is 5.56 Å². The molecule has 0 amide bonds. The lowest BCUT2D eigenvalue weighted by atomic mass is 9.66. The molecule has 1 saturated carbocycles. The maximum atomic E-state index is 14.0. The fourth-order valence-corrected chi connectivity index (χ4v) is 6.14. The molecule has 4 aromatic rings. The molecule has 4 aromatic carbocycles. The highest BCUT2D eigenvalue weighted by atomic mass is 16.7. The molecule has 46 heavy (non-hydrogen) atoms. The van der Waals surface area contributed by atoms with Crippen molar-refractivity contribution in [3.8, 4) is 17.6 Å². The van der Waals surface area contributed by atoms with Gasteiger partial charge in [-0.05, 0) is 62.1 Å². The molecule has 0 N–H and O–H groups in total.